The summed E-state index contributed by atoms with van der Waals surface area (Å²) in [6.07, 6.45) is 1.59. The van der Waals surface area contributed by atoms with Gasteiger partial charge in [0.15, 0.2) is 0 Å². The lowest BCUT2D eigenvalue weighted by atomic mass is 10.4. The normalized spacial score (nSPS) is 14.8. The van der Waals surface area contributed by atoms with Crippen molar-refractivity contribution in [2.45, 2.75) is 13.8 Å². The van der Waals surface area contributed by atoms with E-state index in [4.69, 9.17) is 26.4 Å². The van der Waals surface area contributed by atoms with Gasteiger partial charge in [-0.3, -0.25) is 4.98 Å². The van der Waals surface area contributed by atoms with Gasteiger partial charge < -0.3 is 9.05 Å². The molecule has 1 heterocycles. The molecule has 2 N–H and O–H groups in total. The molecule has 0 aliphatic carbocycles. The van der Waals surface area contributed by atoms with Gasteiger partial charge in [0.1, 0.15) is 5.75 Å². The number of rotatable bonds is 4. The van der Waals surface area contributed by atoms with E-state index in [9.17, 15) is 0 Å². The third-order valence-electron chi connectivity index (χ3n) is 1.43. The number of nitrogens with two attached hydrogens (primary N) is 1. The highest BCUT2D eigenvalue weighted by atomic mass is 32.5. The van der Waals surface area contributed by atoms with E-state index in [0.29, 0.717) is 12.4 Å². The van der Waals surface area contributed by atoms with Gasteiger partial charge in [-0.15, -0.1) is 0 Å². The second-order valence-electron chi connectivity index (χ2n) is 2.68. The van der Waals surface area contributed by atoms with E-state index < -0.39 is 6.64 Å². The van der Waals surface area contributed by atoms with Gasteiger partial charge in [0, 0.05) is 5.69 Å². The summed E-state index contributed by atoms with van der Waals surface area (Å²) in [7, 11) is 0. The standard InChI is InChI=1S/C8H13N2O2PS/c1-3-11-13(9,14)12-8-5-4-7(2)10-6-8/h4-6H,3H2,1-2H3,(H2,9,14). The molecule has 0 saturated heterocycles. The topological polar surface area (TPSA) is 57.4 Å². The van der Waals surface area contributed by atoms with E-state index in [1.807, 2.05) is 19.9 Å². The van der Waals surface area contributed by atoms with E-state index in [1.54, 1.807) is 12.3 Å². The Bertz CT molecular complexity index is 342. The number of hydrogen-bond acceptors (Lipinski definition) is 4. The maximum Gasteiger partial charge on any atom is 0.310 e. The molecule has 4 nitrogen and oxygen atoms in total. The summed E-state index contributed by atoms with van der Waals surface area (Å²) in [5.74, 6) is 0.551. The minimum absolute atomic E-state index is 0.451. The third-order valence-corrected chi connectivity index (χ3v) is 3.05. The van der Waals surface area contributed by atoms with Crippen LogP contribution >= 0.6 is 6.64 Å². The molecule has 0 fully saturated rings. The Balaban J connectivity index is 2.69. The quantitative estimate of drug-likeness (QED) is 0.804. The highest BCUT2D eigenvalue weighted by molar-refractivity contribution is 8.09. The van der Waals surface area contributed by atoms with Gasteiger partial charge in [0.25, 0.3) is 0 Å². The zero-order chi connectivity index (χ0) is 10.6. The second kappa shape index (κ2) is 4.84. The number of aryl methyl sites for hydroxylation is 1. The SMILES string of the molecule is CCOP(N)(=S)Oc1ccc(C)nc1. The number of pyridine rings is 1. The second-order valence-corrected chi connectivity index (χ2v) is 5.73. The molecule has 1 unspecified atom stereocenters. The third kappa shape index (κ3) is 3.72. The van der Waals surface area contributed by atoms with E-state index in [1.165, 1.54) is 0 Å². The van der Waals surface area contributed by atoms with Crippen molar-refractivity contribution in [1.82, 2.24) is 4.98 Å². The van der Waals surface area contributed by atoms with E-state index in [-0.39, 0.29) is 0 Å². The molecule has 1 aromatic rings. The van der Waals surface area contributed by atoms with Gasteiger partial charge >= 0.3 is 6.64 Å². The van der Waals surface area contributed by atoms with Gasteiger partial charge in [0.05, 0.1) is 12.8 Å². The zero-order valence-electron chi connectivity index (χ0n) is 8.14. The van der Waals surface area contributed by atoms with Gasteiger partial charge in [0.2, 0.25) is 0 Å². The largest absolute Gasteiger partial charge is 0.431 e. The van der Waals surface area contributed by atoms with Crippen LogP contribution in [-0.4, -0.2) is 11.6 Å². The van der Waals surface area contributed by atoms with Crippen molar-refractivity contribution in [1.29, 1.82) is 0 Å². The summed E-state index contributed by atoms with van der Waals surface area (Å²) in [5, 5.41) is 0. The summed E-state index contributed by atoms with van der Waals surface area (Å²) in [5.41, 5.74) is 6.57. The Morgan fingerprint density at radius 2 is 2.29 bits per heavy atom. The summed E-state index contributed by atoms with van der Waals surface area (Å²) in [4.78, 5) is 4.06. The molecule has 0 saturated carbocycles. The molecule has 6 heteroatoms. The molecule has 0 aliphatic rings. The summed E-state index contributed by atoms with van der Waals surface area (Å²) < 4.78 is 10.4. The van der Waals surface area contributed by atoms with Crippen LogP contribution in [-0.2, 0) is 16.3 Å². The Hall–Kier alpha value is -0.480. The van der Waals surface area contributed by atoms with E-state index in [0.717, 1.165) is 5.69 Å². The molecule has 0 bridgehead atoms. The summed E-state index contributed by atoms with van der Waals surface area (Å²) >= 11 is 4.97. The maximum absolute atomic E-state index is 5.65. The van der Waals surface area contributed by atoms with Crippen molar-refractivity contribution in [3.05, 3.63) is 24.0 Å². The van der Waals surface area contributed by atoms with Gasteiger partial charge in [-0.25, -0.2) is 5.50 Å². The van der Waals surface area contributed by atoms with Gasteiger partial charge in [-0.05, 0) is 37.8 Å². The fraction of sp³-hybridized carbons (Fsp3) is 0.375. The summed E-state index contributed by atoms with van der Waals surface area (Å²) in [6.45, 7) is 1.53. The lowest BCUT2D eigenvalue weighted by molar-refractivity contribution is 0.331. The monoisotopic (exact) mass is 232 g/mol. The first kappa shape index (κ1) is 11.6. The van der Waals surface area contributed by atoms with Crippen LogP contribution in [0.1, 0.15) is 12.6 Å². The van der Waals surface area contributed by atoms with Crippen LogP contribution in [0.4, 0.5) is 0 Å². The first-order chi connectivity index (χ1) is 6.53. The van der Waals surface area contributed by atoms with Crippen molar-refractivity contribution in [3.8, 4) is 5.75 Å². The fourth-order valence-electron chi connectivity index (χ4n) is 0.861. The van der Waals surface area contributed by atoms with Crippen molar-refractivity contribution >= 4 is 18.4 Å². The number of hydrogen-bond donors (Lipinski definition) is 1. The first-order valence-corrected chi connectivity index (χ1v) is 6.89. The van der Waals surface area contributed by atoms with Crippen molar-refractivity contribution in [2.75, 3.05) is 6.61 Å². The molecule has 14 heavy (non-hydrogen) atoms. The molecular formula is C8H13N2O2PS. The lowest BCUT2D eigenvalue weighted by Crippen LogP contribution is -2.06. The Kier molecular flexibility index (Phi) is 4.01. The number of aromatic nitrogens is 1. The molecule has 0 spiro atoms. The van der Waals surface area contributed by atoms with Crippen LogP contribution in [0.2, 0.25) is 0 Å². The van der Waals surface area contributed by atoms with Crippen LogP contribution in [0.3, 0.4) is 0 Å². The predicted octanol–water partition coefficient (Wildman–Crippen LogP) is 1.99. The highest BCUT2D eigenvalue weighted by Gasteiger charge is 2.12. The fourth-order valence-corrected chi connectivity index (χ4v) is 2.25. The minimum Gasteiger partial charge on any atom is -0.431 e. The smallest absolute Gasteiger partial charge is 0.310 e. The molecule has 0 radical (unpaired) electrons. The molecule has 78 valence electrons. The average Bonchev–Trinajstić information content (AvgIpc) is 2.08. The predicted molar refractivity (Wildman–Crippen MR) is 59.7 cm³/mol. The summed E-state index contributed by atoms with van der Waals surface area (Å²) in [6, 6.07) is 3.60. The lowest BCUT2D eigenvalue weighted by Gasteiger charge is -2.16. The van der Waals surface area contributed by atoms with Crippen molar-refractivity contribution in [3.63, 3.8) is 0 Å². The average molecular weight is 232 g/mol. The number of nitrogens with zero attached hydrogens (tertiary/aromatic N) is 1. The molecule has 0 amide bonds. The van der Waals surface area contributed by atoms with E-state index in [2.05, 4.69) is 4.98 Å². The Labute approximate surface area is 88.7 Å². The van der Waals surface area contributed by atoms with Crippen molar-refractivity contribution in [2.24, 2.45) is 5.50 Å². The Morgan fingerprint density at radius 1 is 1.57 bits per heavy atom. The van der Waals surface area contributed by atoms with Crippen LogP contribution in [0.25, 0.3) is 0 Å². The molecule has 1 aromatic heterocycles. The van der Waals surface area contributed by atoms with Crippen LogP contribution in [0, 0.1) is 6.92 Å². The van der Waals surface area contributed by atoms with Crippen LogP contribution in [0.15, 0.2) is 18.3 Å². The van der Waals surface area contributed by atoms with Crippen LogP contribution in [0.5, 0.6) is 5.75 Å². The molecule has 0 aromatic carbocycles. The van der Waals surface area contributed by atoms with Gasteiger partial charge in [-0.2, -0.15) is 0 Å². The van der Waals surface area contributed by atoms with Crippen LogP contribution < -0.4 is 10.0 Å². The zero-order valence-corrected chi connectivity index (χ0v) is 9.85. The van der Waals surface area contributed by atoms with Gasteiger partial charge in [-0.1, -0.05) is 0 Å². The first-order valence-electron chi connectivity index (χ1n) is 4.19. The van der Waals surface area contributed by atoms with E-state index >= 15 is 0 Å². The highest BCUT2D eigenvalue weighted by Crippen LogP contribution is 2.39. The maximum atomic E-state index is 5.65. The molecule has 0 aliphatic heterocycles. The molecule has 1 rings (SSSR count). The Morgan fingerprint density at radius 3 is 2.79 bits per heavy atom. The molecule has 1 atom stereocenters. The van der Waals surface area contributed by atoms with Crippen molar-refractivity contribution < 1.29 is 9.05 Å². The molecular weight excluding hydrogens is 219 g/mol. The minimum atomic E-state index is -2.64.